The van der Waals surface area contributed by atoms with Crippen LogP contribution in [-0.4, -0.2) is 43.5 Å². The molecule has 1 rings (SSSR count). The number of Topliss-reactive ketones (excluding diaryl/α,β-unsaturated/α-hetero) is 1. The molecule has 88 valence electrons. The lowest BCUT2D eigenvalue weighted by Gasteiger charge is -2.28. The van der Waals surface area contributed by atoms with E-state index < -0.39 is 0 Å². The van der Waals surface area contributed by atoms with Crippen LogP contribution in [0.5, 0.6) is 0 Å². The lowest BCUT2D eigenvalue weighted by atomic mass is 9.84. The van der Waals surface area contributed by atoms with E-state index in [0.717, 1.165) is 39.3 Å². The predicted octanol–water partition coefficient (Wildman–Crippen LogP) is 1.71. The summed E-state index contributed by atoms with van der Waals surface area (Å²) in [6.45, 7) is 10.6. The highest BCUT2D eigenvalue weighted by Gasteiger charge is 2.25. The summed E-state index contributed by atoms with van der Waals surface area (Å²) in [4.78, 5) is 14.2. The van der Waals surface area contributed by atoms with E-state index in [2.05, 4.69) is 11.8 Å². The molecule has 0 saturated carbocycles. The zero-order valence-corrected chi connectivity index (χ0v) is 10.2. The van der Waals surface area contributed by atoms with Gasteiger partial charge in [0.05, 0.1) is 13.2 Å². The van der Waals surface area contributed by atoms with Crippen molar-refractivity contribution >= 4 is 5.78 Å². The minimum Gasteiger partial charge on any atom is -0.379 e. The van der Waals surface area contributed by atoms with Crippen molar-refractivity contribution in [3.63, 3.8) is 0 Å². The van der Waals surface area contributed by atoms with Gasteiger partial charge < -0.3 is 4.74 Å². The van der Waals surface area contributed by atoms with Crippen LogP contribution >= 0.6 is 0 Å². The molecular formula is C12H23NO2. The number of carbonyl (C=O) groups is 1. The van der Waals surface area contributed by atoms with Crippen LogP contribution in [0.4, 0.5) is 0 Å². The highest BCUT2D eigenvalue weighted by atomic mass is 16.5. The fourth-order valence-corrected chi connectivity index (χ4v) is 1.62. The van der Waals surface area contributed by atoms with Gasteiger partial charge in [-0.2, -0.15) is 0 Å². The monoisotopic (exact) mass is 213 g/mol. The Bertz CT molecular complexity index is 208. The molecule has 0 bridgehead atoms. The zero-order chi connectivity index (χ0) is 11.3. The first-order valence-electron chi connectivity index (χ1n) is 5.89. The molecule has 1 heterocycles. The van der Waals surface area contributed by atoms with Crippen LogP contribution in [0, 0.1) is 5.41 Å². The number of ether oxygens (including phenoxy) is 1. The van der Waals surface area contributed by atoms with Crippen LogP contribution < -0.4 is 0 Å². The summed E-state index contributed by atoms with van der Waals surface area (Å²) < 4.78 is 5.27. The normalized spacial score (nSPS) is 19.1. The number of morpholine rings is 1. The molecule has 0 aromatic carbocycles. The molecule has 0 aliphatic carbocycles. The molecule has 3 nitrogen and oxygen atoms in total. The van der Waals surface area contributed by atoms with Crippen molar-refractivity contribution in [1.82, 2.24) is 4.90 Å². The fourth-order valence-electron chi connectivity index (χ4n) is 1.62. The van der Waals surface area contributed by atoms with Gasteiger partial charge in [-0.15, -0.1) is 0 Å². The van der Waals surface area contributed by atoms with Gasteiger partial charge in [0.2, 0.25) is 0 Å². The Kier molecular flexibility index (Phi) is 4.74. The van der Waals surface area contributed by atoms with Crippen LogP contribution in [0.1, 0.15) is 33.6 Å². The number of carbonyl (C=O) groups excluding carboxylic acids is 1. The van der Waals surface area contributed by atoms with Gasteiger partial charge in [-0.1, -0.05) is 20.8 Å². The Morgan fingerprint density at radius 1 is 1.33 bits per heavy atom. The zero-order valence-electron chi connectivity index (χ0n) is 10.2. The van der Waals surface area contributed by atoms with Crippen molar-refractivity contribution in [2.75, 3.05) is 32.8 Å². The lowest BCUT2D eigenvalue weighted by Crippen LogP contribution is -2.38. The largest absolute Gasteiger partial charge is 0.379 e. The number of rotatable bonds is 5. The first kappa shape index (κ1) is 12.7. The van der Waals surface area contributed by atoms with E-state index in [9.17, 15) is 4.79 Å². The Morgan fingerprint density at radius 3 is 2.47 bits per heavy atom. The SMILES string of the molecule is CCC(C)(C)C(=O)CCN1CCOCC1. The van der Waals surface area contributed by atoms with Gasteiger partial charge in [-0.3, -0.25) is 9.69 Å². The molecule has 1 aliphatic rings. The molecule has 3 heteroatoms. The lowest BCUT2D eigenvalue weighted by molar-refractivity contribution is -0.127. The van der Waals surface area contributed by atoms with Crippen molar-refractivity contribution in [2.24, 2.45) is 5.41 Å². The Balaban J connectivity index is 2.26. The minimum atomic E-state index is -0.147. The van der Waals surface area contributed by atoms with Crippen molar-refractivity contribution < 1.29 is 9.53 Å². The summed E-state index contributed by atoms with van der Waals surface area (Å²) >= 11 is 0. The van der Waals surface area contributed by atoms with Crippen LogP contribution in [0.25, 0.3) is 0 Å². The summed E-state index contributed by atoms with van der Waals surface area (Å²) in [7, 11) is 0. The summed E-state index contributed by atoms with van der Waals surface area (Å²) in [5, 5.41) is 0. The first-order chi connectivity index (χ1) is 7.06. The molecule has 0 N–H and O–H groups in total. The third-order valence-corrected chi connectivity index (χ3v) is 3.40. The Morgan fingerprint density at radius 2 is 1.93 bits per heavy atom. The van der Waals surface area contributed by atoms with Gasteiger partial charge >= 0.3 is 0 Å². The van der Waals surface area contributed by atoms with E-state index in [0.29, 0.717) is 12.2 Å². The van der Waals surface area contributed by atoms with Crippen LogP contribution in [0.3, 0.4) is 0 Å². The van der Waals surface area contributed by atoms with Gasteiger partial charge in [0.15, 0.2) is 0 Å². The smallest absolute Gasteiger partial charge is 0.139 e. The second kappa shape index (κ2) is 5.61. The molecule has 0 amide bonds. The molecular weight excluding hydrogens is 190 g/mol. The standard InChI is InChI=1S/C12H23NO2/c1-4-12(2,3)11(14)5-6-13-7-9-15-10-8-13/h4-10H2,1-3H3. The third-order valence-electron chi connectivity index (χ3n) is 3.40. The van der Waals surface area contributed by atoms with Gasteiger partial charge in [-0.25, -0.2) is 0 Å². The van der Waals surface area contributed by atoms with E-state index in [1.54, 1.807) is 0 Å². The molecule has 0 spiro atoms. The molecule has 0 radical (unpaired) electrons. The molecule has 0 aromatic heterocycles. The first-order valence-corrected chi connectivity index (χ1v) is 5.89. The van der Waals surface area contributed by atoms with Gasteiger partial charge in [0.1, 0.15) is 5.78 Å². The second-order valence-corrected chi connectivity index (χ2v) is 4.86. The average molecular weight is 213 g/mol. The number of ketones is 1. The average Bonchev–Trinajstić information content (AvgIpc) is 2.27. The highest BCUT2D eigenvalue weighted by Crippen LogP contribution is 2.22. The topological polar surface area (TPSA) is 29.5 Å². The molecule has 15 heavy (non-hydrogen) atoms. The molecule has 1 fully saturated rings. The maximum atomic E-state index is 11.9. The van der Waals surface area contributed by atoms with E-state index >= 15 is 0 Å². The fraction of sp³-hybridized carbons (Fsp3) is 0.917. The van der Waals surface area contributed by atoms with Crippen molar-refractivity contribution in [3.8, 4) is 0 Å². The second-order valence-electron chi connectivity index (χ2n) is 4.86. The summed E-state index contributed by atoms with van der Waals surface area (Å²) in [5.41, 5.74) is -0.147. The van der Waals surface area contributed by atoms with Crippen molar-refractivity contribution in [3.05, 3.63) is 0 Å². The third kappa shape index (κ3) is 3.92. The summed E-state index contributed by atoms with van der Waals surface area (Å²) in [6.07, 6.45) is 1.61. The van der Waals surface area contributed by atoms with E-state index in [-0.39, 0.29) is 5.41 Å². The number of hydrogen-bond donors (Lipinski definition) is 0. The van der Waals surface area contributed by atoms with Crippen molar-refractivity contribution in [1.29, 1.82) is 0 Å². The molecule has 0 atom stereocenters. The molecule has 1 saturated heterocycles. The molecule has 1 aliphatic heterocycles. The van der Waals surface area contributed by atoms with Gasteiger partial charge in [0.25, 0.3) is 0 Å². The minimum absolute atomic E-state index is 0.147. The van der Waals surface area contributed by atoms with Crippen LogP contribution in [0.15, 0.2) is 0 Å². The highest BCUT2D eigenvalue weighted by molar-refractivity contribution is 5.84. The van der Waals surface area contributed by atoms with Gasteiger partial charge in [-0.05, 0) is 6.42 Å². The van der Waals surface area contributed by atoms with Crippen molar-refractivity contribution in [2.45, 2.75) is 33.6 Å². The Labute approximate surface area is 92.8 Å². The molecule has 0 aromatic rings. The number of hydrogen-bond acceptors (Lipinski definition) is 3. The Hall–Kier alpha value is -0.410. The maximum Gasteiger partial charge on any atom is 0.139 e. The van der Waals surface area contributed by atoms with Crippen LogP contribution in [0.2, 0.25) is 0 Å². The maximum absolute atomic E-state index is 11.9. The van der Waals surface area contributed by atoms with Crippen LogP contribution in [-0.2, 0) is 9.53 Å². The van der Waals surface area contributed by atoms with E-state index in [4.69, 9.17) is 4.74 Å². The predicted molar refractivity (Wildman–Crippen MR) is 61.0 cm³/mol. The quantitative estimate of drug-likeness (QED) is 0.696. The van der Waals surface area contributed by atoms with Gasteiger partial charge in [0, 0.05) is 31.5 Å². The molecule has 0 unspecified atom stereocenters. The van der Waals surface area contributed by atoms with E-state index in [1.165, 1.54) is 0 Å². The number of nitrogens with zero attached hydrogens (tertiary/aromatic N) is 1. The summed E-state index contributed by atoms with van der Waals surface area (Å²) in [5.74, 6) is 0.386. The summed E-state index contributed by atoms with van der Waals surface area (Å²) in [6, 6.07) is 0. The van der Waals surface area contributed by atoms with E-state index in [1.807, 2.05) is 13.8 Å².